The van der Waals surface area contributed by atoms with Gasteiger partial charge in [-0.05, 0) is 42.2 Å². The van der Waals surface area contributed by atoms with Gasteiger partial charge in [-0.25, -0.2) is 27.6 Å². The highest BCUT2D eigenvalue weighted by molar-refractivity contribution is 5.97. The van der Waals surface area contributed by atoms with Crippen LogP contribution in [0.5, 0.6) is 0 Å². The summed E-state index contributed by atoms with van der Waals surface area (Å²) >= 11 is 0. The van der Waals surface area contributed by atoms with Gasteiger partial charge in [-0.3, -0.25) is 19.3 Å². The van der Waals surface area contributed by atoms with Crippen molar-refractivity contribution in [3.63, 3.8) is 0 Å². The Morgan fingerprint density at radius 3 is 2.29 bits per heavy atom. The Hall–Kier alpha value is -4.57. The van der Waals surface area contributed by atoms with Crippen molar-refractivity contribution in [2.75, 3.05) is 13.7 Å². The predicted molar refractivity (Wildman–Crippen MR) is 176 cm³/mol. The SMILES string of the molecule is COC(=O)N[C@H](C(=O)N[C@H](C(=O)N1C[C@H](OC(=O)N2Cc3cccc(F)c3C2)CC1C(=O)N[C@@]1(C(=O)O)C[C@H]1C(F)F)C(C)(C)C)C1CCCCC1. The second-order valence-corrected chi connectivity index (χ2v) is 15.2. The van der Waals surface area contributed by atoms with Crippen LogP contribution in [0.3, 0.4) is 0 Å². The smallest absolute Gasteiger partial charge is 0.410 e. The topological polar surface area (TPSA) is 184 Å². The van der Waals surface area contributed by atoms with Gasteiger partial charge in [0.25, 0.3) is 0 Å². The molecule has 0 bridgehead atoms. The molecule has 3 fully saturated rings. The zero-order valence-electron chi connectivity index (χ0n) is 29.6. The number of rotatable bonds is 10. The number of ether oxygens (including phenoxy) is 2. The van der Waals surface area contributed by atoms with Crippen molar-refractivity contribution in [3.05, 3.63) is 35.1 Å². The number of hydrogen-bond acceptors (Lipinski definition) is 8. The number of halogens is 3. The van der Waals surface area contributed by atoms with Gasteiger partial charge in [0.15, 0.2) is 0 Å². The summed E-state index contributed by atoms with van der Waals surface area (Å²) < 4.78 is 52.0. The number of alkyl halides is 2. The molecule has 1 saturated heterocycles. The minimum atomic E-state index is -3.03. The molecular weight excluding hydrogens is 691 g/mol. The number of alkyl carbamates (subject to hydrolysis) is 1. The molecule has 14 nitrogen and oxygen atoms in total. The standard InChI is InChI=1S/C35H46F3N5O9/c1-34(2,3)26(40-29(45)25(39-32(49)51-4)18-9-6-5-7-10-18)30(46)43-16-20(52-33(50)42-15-19-11-8-12-23(36)21(19)17-42)13-24(43)28(44)41-35(31(47)48)14-22(35)27(37)38/h8,11-12,18,20,22,24-27H,5-7,9-10,13-17H2,1-4H3,(H,39,49)(H,40,45)(H,41,44)(H,47,48)/t20-,22+,24?,25+,26-,35+/m1/s1. The minimum absolute atomic E-state index is 0.0568. The number of carbonyl (C=O) groups excluding carboxylic acids is 5. The molecular formula is C35H46F3N5O9. The maximum absolute atomic E-state index is 14.5. The maximum Gasteiger partial charge on any atom is 0.410 e. The monoisotopic (exact) mass is 737 g/mol. The molecule has 4 aliphatic rings. The van der Waals surface area contributed by atoms with E-state index >= 15 is 0 Å². The van der Waals surface area contributed by atoms with Crippen LogP contribution in [0.25, 0.3) is 0 Å². The summed E-state index contributed by atoms with van der Waals surface area (Å²) in [6.45, 7) is 4.64. The lowest BCUT2D eigenvalue weighted by atomic mass is 9.82. The lowest BCUT2D eigenvalue weighted by molar-refractivity contribution is -0.147. The molecule has 52 heavy (non-hydrogen) atoms. The van der Waals surface area contributed by atoms with E-state index < -0.39 is 95.6 Å². The quantitative estimate of drug-likeness (QED) is 0.280. The van der Waals surface area contributed by atoms with Crippen LogP contribution in [0.4, 0.5) is 22.8 Å². The zero-order valence-corrected chi connectivity index (χ0v) is 29.6. The minimum Gasteiger partial charge on any atom is -0.479 e. The molecule has 0 aromatic heterocycles. The molecule has 0 radical (unpaired) electrons. The van der Waals surface area contributed by atoms with Gasteiger partial charge < -0.3 is 35.4 Å². The van der Waals surface area contributed by atoms with E-state index in [4.69, 9.17) is 9.47 Å². The van der Waals surface area contributed by atoms with Crippen LogP contribution in [0.15, 0.2) is 18.2 Å². The molecule has 0 spiro atoms. The first-order valence-corrected chi connectivity index (χ1v) is 17.5. The first-order chi connectivity index (χ1) is 24.5. The highest BCUT2D eigenvalue weighted by atomic mass is 19.3. The second-order valence-electron chi connectivity index (χ2n) is 15.2. The normalized spacial score (nSPS) is 25.5. The van der Waals surface area contributed by atoms with E-state index in [9.17, 15) is 47.0 Å². The number of carboxylic acids is 1. The Bertz CT molecular complexity index is 1580. The Labute approximate surface area is 299 Å². The third-order valence-electron chi connectivity index (χ3n) is 10.6. The fourth-order valence-corrected chi connectivity index (χ4v) is 7.54. The van der Waals surface area contributed by atoms with Crippen LogP contribution in [0.1, 0.15) is 76.8 Å². The molecule has 5 rings (SSSR count). The van der Waals surface area contributed by atoms with Gasteiger partial charge in [0.1, 0.15) is 35.6 Å². The Kier molecular flexibility index (Phi) is 11.3. The van der Waals surface area contributed by atoms with Gasteiger partial charge in [-0.2, -0.15) is 0 Å². The average molecular weight is 738 g/mol. The Morgan fingerprint density at radius 1 is 1.02 bits per heavy atom. The molecule has 1 unspecified atom stereocenters. The summed E-state index contributed by atoms with van der Waals surface area (Å²) in [4.78, 5) is 82.0. The Morgan fingerprint density at radius 2 is 1.71 bits per heavy atom. The van der Waals surface area contributed by atoms with Crippen LogP contribution in [-0.2, 0) is 41.7 Å². The van der Waals surface area contributed by atoms with Crippen molar-refractivity contribution in [1.29, 1.82) is 0 Å². The molecule has 4 N–H and O–H groups in total. The van der Waals surface area contributed by atoms with E-state index in [1.807, 2.05) is 0 Å². The van der Waals surface area contributed by atoms with Crippen LogP contribution < -0.4 is 16.0 Å². The number of likely N-dealkylation sites (tertiary alicyclic amines) is 1. The molecule has 1 aromatic rings. The molecule has 286 valence electrons. The van der Waals surface area contributed by atoms with E-state index in [0.29, 0.717) is 24.0 Å². The van der Waals surface area contributed by atoms with Crippen LogP contribution >= 0.6 is 0 Å². The number of nitrogens with one attached hydrogen (secondary N) is 3. The predicted octanol–water partition coefficient (Wildman–Crippen LogP) is 3.31. The van der Waals surface area contributed by atoms with Crippen molar-refractivity contribution in [1.82, 2.24) is 25.8 Å². The summed E-state index contributed by atoms with van der Waals surface area (Å²) in [5, 5.41) is 17.4. The molecule has 2 heterocycles. The number of aliphatic carboxylic acids is 1. The first-order valence-electron chi connectivity index (χ1n) is 17.5. The summed E-state index contributed by atoms with van der Waals surface area (Å²) in [5.74, 6) is -6.50. The van der Waals surface area contributed by atoms with Crippen molar-refractivity contribution in [2.45, 2.75) is 115 Å². The lowest BCUT2D eigenvalue weighted by Gasteiger charge is -2.37. The molecule has 2 saturated carbocycles. The number of carbonyl (C=O) groups is 6. The number of hydrogen-bond donors (Lipinski definition) is 4. The van der Waals surface area contributed by atoms with E-state index in [2.05, 4.69) is 16.0 Å². The molecule has 2 aliphatic carbocycles. The van der Waals surface area contributed by atoms with Crippen molar-refractivity contribution in [3.8, 4) is 0 Å². The van der Waals surface area contributed by atoms with Gasteiger partial charge in [0, 0.05) is 18.5 Å². The lowest BCUT2D eigenvalue weighted by Crippen LogP contribution is -2.62. The molecule has 1 aromatic carbocycles. The summed E-state index contributed by atoms with van der Waals surface area (Å²) in [7, 11) is 1.16. The first kappa shape index (κ1) is 38.7. The Balaban J connectivity index is 1.39. The summed E-state index contributed by atoms with van der Waals surface area (Å²) in [6.07, 6.45) is -2.70. The molecule has 17 heteroatoms. The van der Waals surface area contributed by atoms with Gasteiger partial charge >= 0.3 is 18.2 Å². The summed E-state index contributed by atoms with van der Waals surface area (Å²) in [5.41, 5.74) is -2.32. The van der Waals surface area contributed by atoms with Gasteiger partial charge in [0.05, 0.1) is 26.1 Å². The summed E-state index contributed by atoms with van der Waals surface area (Å²) in [6, 6.07) is 0.635. The number of benzene rings is 1. The zero-order chi connectivity index (χ0) is 38.1. The van der Waals surface area contributed by atoms with Gasteiger partial charge in [0.2, 0.25) is 24.1 Å². The van der Waals surface area contributed by atoms with Gasteiger partial charge in [-0.1, -0.05) is 52.2 Å². The van der Waals surface area contributed by atoms with E-state index in [-0.39, 0.29) is 32.0 Å². The van der Waals surface area contributed by atoms with E-state index in [0.717, 1.165) is 31.3 Å². The van der Waals surface area contributed by atoms with Gasteiger partial charge in [-0.15, -0.1) is 0 Å². The largest absolute Gasteiger partial charge is 0.479 e. The number of amides is 5. The third kappa shape index (κ3) is 8.07. The molecule has 2 aliphatic heterocycles. The van der Waals surface area contributed by atoms with Crippen LogP contribution in [0, 0.1) is 23.1 Å². The fraction of sp³-hybridized carbons (Fsp3) is 0.657. The second kappa shape index (κ2) is 15.2. The average Bonchev–Trinajstić information content (AvgIpc) is 3.42. The van der Waals surface area contributed by atoms with E-state index in [1.54, 1.807) is 26.8 Å². The van der Waals surface area contributed by atoms with Crippen LogP contribution in [0.2, 0.25) is 0 Å². The number of carboxylic acid groups (broad SMARTS) is 1. The molecule has 6 atom stereocenters. The van der Waals surface area contributed by atoms with Crippen molar-refractivity contribution in [2.24, 2.45) is 17.3 Å². The maximum atomic E-state index is 14.5. The van der Waals surface area contributed by atoms with Crippen LogP contribution in [-0.4, -0.2) is 101 Å². The highest BCUT2D eigenvalue weighted by Gasteiger charge is 2.66. The molecule has 5 amide bonds. The number of nitrogens with zero attached hydrogens (tertiary/aromatic N) is 2. The van der Waals surface area contributed by atoms with Crippen molar-refractivity contribution >= 4 is 35.9 Å². The van der Waals surface area contributed by atoms with E-state index in [1.165, 1.54) is 17.0 Å². The number of fused-ring (bicyclic) bond motifs is 1. The fourth-order valence-electron chi connectivity index (χ4n) is 7.54. The highest BCUT2D eigenvalue weighted by Crippen LogP contribution is 2.48. The number of methoxy groups -OCH3 is 1. The third-order valence-corrected chi connectivity index (χ3v) is 10.6. The van der Waals surface area contributed by atoms with Crippen molar-refractivity contribution < 1.29 is 56.5 Å².